The topological polar surface area (TPSA) is 44.8 Å². The maximum Gasteiger partial charge on any atom is 0.185 e. The number of carbonyl (C=O) groups excluding carboxylic acids is 1. The van der Waals surface area contributed by atoms with Gasteiger partial charge in [-0.3, -0.25) is 4.79 Å². The van der Waals surface area contributed by atoms with E-state index in [2.05, 4.69) is 13.5 Å². The summed E-state index contributed by atoms with van der Waals surface area (Å²) >= 11 is 0. The van der Waals surface area contributed by atoms with Crippen molar-refractivity contribution >= 4 is 11.9 Å². The van der Waals surface area contributed by atoms with Gasteiger partial charge in [-0.2, -0.15) is 0 Å². The highest BCUT2D eigenvalue weighted by Crippen LogP contribution is 2.31. The van der Waals surface area contributed by atoms with Gasteiger partial charge in [-0.15, -0.1) is 0 Å². The fraction of sp³-hybridized carbons (Fsp3) is 0.320. The van der Waals surface area contributed by atoms with Crippen LogP contribution in [0.3, 0.4) is 0 Å². The molecule has 0 saturated carbocycles. The fourth-order valence-electron chi connectivity index (χ4n) is 2.94. The van der Waals surface area contributed by atoms with Gasteiger partial charge in [0.2, 0.25) is 0 Å². The van der Waals surface area contributed by atoms with E-state index in [1.165, 1.54) is 0 Å². The van der Waals surface area contributed by atoms with Crippen LogP contribution in [-0.2, 0) is 6.42 Å². The summed E-state index contributed by atoms with van der Waals surface area (Å²) in [5.41, 5.74) is 2.58. The Bertz CT molecular complexity index is 863. The molecule has 4 nitrogen and oxygen atoms in total. The number of allylic oxidation sites excluding steroid dienone is 2. The van der Waals surface area contributed by atoms with Gasteiger partial charge in [0, 0.05) is 17.2 Å². The Kier molecular flexibility index (Phi) is 8.53. The van der Waals surface area contributed by atoms with Gasteiger partial charge in [0.05, 0.1) is 19.0 Å². The summed E-state index contributed by atoms with van der Waals surface area (Å²) in [5, 5.41) is 0. The number of rotatable bonds is 11. The highest BCUT2D eigenvalue weighted by atomic mass is 16.5. The first-order chi connectivity index (χ1) is 14.0. The van der Waals surface area contributed by atoms with Crippen LogP contribution in [0.1, 0.15) is 55.6 Å². The van der Waals surface area contributed by atoms with Crippen LogP contribution in [0.4, 0.5) is 0 Å². The lowest BCUT2D eigenvalue weighted by molar-refractivity contribution is 0.104. The van der Waals surface area contributed by atoms with Gasteiger partial charge < -0.3 is 14.2 Å². The van der Waals surface area contributed by atoms with Crippen molar-refractivity contribution in [3.63, 3.8) is 0 Å². The standard InChI is InChI=1S/C25H30O4/c1-6-9-20-16-21(25(28-8-3)17-24(20)27-7-2)12-15-23(26)19-10-13-22(14-11-19)29-18(4)5/h10-17H,4,6-9H2,1-3,5H3. The van der Waals surface area contributed by atoms with Crippen LogP contribution in [0.25, 0.3) is 6.08 Å². The van der Waals surface area contributed by atoms with Crippen molar-refractivity contribution in [2.45, 2.75) is 40.5 Å². The number of ether oxygens (including phenoxy) is 3. The van der Waals surface area contributed by atoms with Crippen molar-refractivity contribution in [1.29, 1.82) is 0 Å². The molecule has 0 radical (unpaired) electrons. The Balaban J connectivity index is 2.27. The molecule has 0 atom stereocenters. The quantitative estimate of drug-likeness (QED) is 0.257. The third kappa shape index (κ3) is 6.53. The number of carbonyl (C=O) groups is 1. The molecule has 0 amide bonds. The van der Waals surface area contributed by atoms with Gasteiger partial charge in [0.1, 0.15) is 17.2 Å². The zero-order valence-corrected chi connectivity index (χ0v) is 17.8. The molecule has 0 aliphatic heterocycles. The van der Waals surface area contributed by atoms with Crippen LogP contribution < -0.4 is 14.2 Å². The van der Waals surface area contributed by atoms with Crippen LogP contribution in [0.15, 0.2) is 54.8 Å². The van der Waals surface area contributed by atoms with Gasteiger partial charge in [-0.25, -0.2) is 0 Å². The molecule has 0 saturated heterocycles. The molecular formula is C25H30O4. The van der Waals surface area contributed by atoms with Crippen LogP contribution in [0, 0.1) is 0 Å². The summed E-state index contributed by atoms with van der Waals surface area (Å²) in [7, 11) is 0. The van der Waals surface area contributed by atoms with Crippen LogP contribution in [0.2, 0.25) is 0 Å². The molecule has 2 aromatic carbocycles. The number of ketones is 1. The third-order valence-corrected chi connectivity index (χ3v) is 4.16. The predicted octanol–water partition coefficient (Wildman–Crippen LogP) is 6.25. The molecule has 0 heterocycles. The molecule has 0 unspecified atom stereocenters. The van der Waals surface area contributed by atoms with E-state index in [9.17, 15) is 4.79 Å². The minimum atomic E-state index is -0.0831. The average Bonchev–Trinajstić information content (AvgIpc) is 2.69. The summed E-state index contributed by atoms with van der Waals surface area (Å²) in [5.74, 6) is 2.73. The Morgan fingerprint density at radius 2 is 1.66 bits per heavy atom. The molecule has 0 spiro atoms. The Morgan fingerprint density at radius 3 is 2.24 bits per heavy atom. The lowest BCUT2D eigenvalue weighted by Crippen LogP contribution is -2.01. The van der Waals surface area contributed by atoms with Crippen molar-refractivity contribution in [2.75, 3.05) is 13.2 Å². The summed E-state index contributed by atoms with van der Waals surface area (Å²) in [4.78, 5) is 12.6. The summed E-state index contributed by atoms with van der Waals surface area (Å²) in [6.07, 6.45) is 5.29. The molecule has 0 N–H and O–H groups in total. The molecule has 0 bridgehead atoms. The molecule has 2 aromatic rings. The number of aryl methyl sites for hydroxylation is 1. The average molecular weight is 395 g/mol. The van der Waals surface area contributed by atoms with Crippen molar-refractivity contribution in [3.05, 3.63) is 71.5 Å². The second-order valence-electron chi connectivity index (χ2n) is 6.64. The molecular weight excluding hydrogens is 364 g/mol. The first kappa shape index (κ1) is 22.3. The summed E-state index contributed by atoms with van der Waals surface area (Å²) in [6.45, 7) is 12.7. The molecule has 0 aliphatic carbocycles. The van der Waals surface area contributed by atoms with Crippen molar-refractivity contribution in [1.82, 2.24) is 0 Å². The Labute approximate surface area is 173 Å². The fourth-order valence-corrected chi connectivity index (χ4v) is 2.94. The zero-order valence-electron chi connectivity index (χ0n) is 17.8. The molecule has 0 aromatic heterocycles. The largest absolute Gasteiger partial charge is 0.493 e. The highest BCUT2D eigenvalue weighted by Gasteiger charge is 2.11. The Morgan fingerprint density at radius 1 is 1.00 bits per heavy atom. The van der Waals surface area contributed by atoms with E-state index in [4.69, 9.17) is 14.2 Å². The van der Waals surface area contributed by atoms with E-state index in [0.717, 1.165) is 29.7 Å². The molecule has 0 fully saturated rings. The summed E-state index contributed by atoms with van der Waals surface area (Å²) in [6, 6.07) is 11.0. The summed E-state index contributed by atoms with van der Waals surface area (Å²) < 4.78 is 17.0. The second kappa shape index (κ2) is 11.1. The Hall–Kier alpha value is -3.01. The molecule has 2 rings (SSSR count). The minimum absolute atomic E-state index is 0.0831. The van der Waals surface area contributed by atoms with E-state index in [0.29, 0.717) is 36.0 Å². The van der Waals surface area contributed by atoms with Crippen molar-refractivity contribution in [3.8, 4) is 17.2 Å². The number of hydrogen-bond donors (Lipinski definition) is 0. The minimum Gasteiger partial charge on any atom is -0.493 e. The van der Waals surface area contributed by atoms with Gasteiger partial charge in [0.25, 0.3) is 0 Å². The van der Waals surface area contributed by atoms with E-state index < -0.39 is 0 Å². The lowest BCUT2D eigenvalue weighted by atomic mass is 10.0. The van der Waals surface area contributed by atoms with E-state index in [1.54, 1.807) is 43.3 Å². The number of benzene rings is 2. The van der Waals surface area contributed by atoms with Gasteiger partial charge >= 0.3 is 0 Å². The molecule has 154 valence electrons. The SMILES string of the molecule is C=C(C)Oc1ccc(C(=O)C=Cc2cc(CCC)c(OCC)cc2OCC)cc1. The monoisotopic (exact) mass is 394 g/mol. The smallest absolute Gasteiger partial charge is 0.185 e. The predicted molar refractivity (Wildman–Crippen MR) is 118 cm³/mol. The van der Waals surface area contributed by atoms with E-state index in [-0.39, 0.29) is 5.78 Å². The highest BCUT2D eigenvalue weighted by molar-refractivity contribution is 6.07. The third-order valence-electron chi connectivity index (χ3n) is 4.16. The van der Waals surface area contributed by atoms with Crippen LogP contribution in [0.5, 0.6) is 17.2 Å². The lowest BCUT2D eigenvalue weighted by Gasteiger charge is -2.15. The van der Waals surface area contributed by atoms with Gasteiger partial charge in [-0.05, 0) is 75.2 Å². The van der Waals surface area contributed by atoms with Crippen LogP contribution >= 0.6 is 0 Å². The van der Waals surface area contributed by atoms with Crippen molar-refractivity contribution in [2.24, 2.45) is 0 Å². The molecule has 4 heteroatoms. The number of hydrogen-bond acceptors (Lipinski definition) is 4. The molecule has 0 aliphatic rings. The van der Waals surface area contributed by atoms with Crippen LogP contribution in [-0.4, -0.2) is 19.0 Å². The maximum absolute atomic E-state index is 12.6. The van der Waals surface area contributed by atoms with Crippen molar-refractivity contribution < 1.29 is 19.0 Å². The second-order valence-corrected chi connectivity index (χ2v) is 6.64. The van der Waals surface area contributed by atoms with Gasteiger partial charge in [-0.1, -0.05) is 19.9 Å². The maximum atomic E-state index is 12.6. The first-order valence-electron chi connectivity index (χ1n) is 10.1. The molecule has 29 heavy (non-hydrogen) atoms. The van der Waals surface area contributed by atoms with E-state index in [1.807, 2.05) is 26.0 Å². The van der Waals surface area contributed by atoms with Gasteiger partial charge in [0.15, 0.2) is 5.78 Å². The normalized spacial score (nSPS) is 10.8. The first-order valence-corrected chi connectivity index (χ1v) is 10.1. The van der Waals surface area contributed by atoms with E-state index >= 15 is 0 Å². The zero-order chi connectivity index (χ0) is 21.2.